The summed E-state index contributed by atoms with van der Waals surface area (Å²) in [6, 6.07) is 4.03. The van der Waals surface area contributed by atoms with Gasteiger partial charge in [0.15, 0.2) is 0 Å². The first-order valence-corrected chi connectivity index (χ1v) is 5.81. The maximum Gasteiger partial charge on any atom is 0.338 e. The van der Waals surface area contributed by atoms with Crippen LogP contribution in [0.15, 0.2) is 12.1 Å². The van der Waals surface area contributed by atoms with Crippen LogP contribution in [-0.2, 0) is 4.74 Å². The van der Waals surface area contributed by atoms with E-state index >= 15 is 0 Å². The predicted octanol–water partition coefficient (Wildman–Crippen LogP) is 3.57. The quantitative estimate of drug-likeness (QED) is 0.572. The summed E-state index contributed by atoms with van der Waals surface area (Å²) in [6.45, 7) is 8.54. The summed E-state index contributed by atoms with van der Waals surface area (Å²) in [5.74, 6) is -0.191. The van der Waals surface area contributed by atoms with Crippen molar-refractivity contribution in [2.24, 2.45) is 0 Å². The van der Waals surface area contributed by atoms with Crippen molar-refractivity contribution in [1.82, 2.24) is 0 Å². The van der Waals surface area contributed by atoms with E-state index in [1.807, 2.05) is 32.9 Å². The normalized spacial score (nSPS) is 10.2. The van der Waals surface area contributed by atoms with Crippen LogP contribution in [0, 0.1) is 20.8 Å². The molecule has 0 aliphatic rings. The van der Waals surface area contributed by atoms with E-state index in [0.29, 0.717) is 6.61 Å². The van der Waals surface area contributed by atoms with Crippen LogP contribution in [0.3, 0.4) is 0 Å². The summed E-state index contributed by atoms with van der Waals surface area (Å²) in [5, 5.41) is 0. The molecule has 1 rings (SSSR count). The van der Waals surface area contributed by atoms with Crippen molar-refractivity contribution in [1.29, 1.82) is 0 Å². The third-order valence-electron chi connectivity index (χ3n) is 2.61. The molecule has 2 nitrogen and oxygen atoms in total. The molecule has 0 amide bonds. The predicted molar refractivity (Wildman–Crippen MR) is 65.8 cm³/mol. The number of rotatable bonds is 4. The summed E-state index contributed by atoms with van der Waals surface area (Å²) in [7, 11) is 0. The SMILES string of the molecule is CCCCOC(=O)c1c(C)cc(C)cc1C. The molecular weight excluding hydrogens is 200 g/mol. The molecule has 0 bridgehead atoms. The van der Waals surface area contributed by atoms with Crippen molar-refractivity contribution >= 4 is 5.97 Å². The van der Waals surface area contributed by atoms with Crippen molar-refractivity contribution in [3.63, 3.8) is 0 Å². The van der Waals surface area contributed by atoms with E-state index in [4.69, 9.17) is 4.74 Å². The van der Waals surface area contributed by atoms with Crippen molar-refractivity contribution < 1.29 is 9.53 Å². The molecule has 0 N–H and O–H groups in total. The molecule has 0 unspecified atom stereocenters. The fourth-order valence-corrected chi connectivity index (χ4v) is 1.88. The molecule has 0 fully saturated rings. The number of benzene rings is 1. The molecule has 0 atom stereocenters. The second kappa shape index (κ2) is 5.69. The average Bonchev–Trinajstić information content (AvgIpc) is 2.16. The number of esters is 1. The van der Waals surface area contributed by atoms with Gasteiger partial charge in [-0.1, -0.05) is 31.0 Å². The zero-order valence-electron chi connectivity index (χ0n) is 10.6. The number of carbonyl (C=O) groups is 1. The zero-order valence-corrected chi connectivity index (χ0v) is 10.6. The molecule has 0 saturated carbocycles. The number of hydrogen-bond donors (Lipinski definition) is 0. The highest BCUT2D eigenvalue weighted by atomic mass is 16.5. The Balaban J connectivity index is 2.83. The monoisotopic (exact) mass is 220 g/mol. The molecule has 88 valence electrons. The van der Waals surface area contributed by atoms with E-state index in [1.165, 1.54) is 5.56 Å². The highest BCUT2D eigenvalue weighted by molar-refractivity contribution is 5.92. The van der Waals surface area contributed by atoms with E-state index < -0.39 is 0 Å². The van der Waals surface area contributed by atoms with E-state index in [9.17, 15) is 4.79 Å². The summed E-state index contributed by atoms with van der Waals surface area (Å²) < 4.78 is 5.23. The lowest BCUT2D eigenvalue weighted by Gasteiger charge is -2.10. The fraction of sp³-hybridized carbons (Fsp3) is 0.500. The van der Waals surface area contributed by atoms with Gasteiger partial charge in [-0.2, -0.15) is 0 Å². The molecule has 1 aromatic carbocycles. The van der Waals surface area contributed by atoms with Crippen molar-refractivity contribution in [2.75, 3.05) is 6.61 Å². The van der Waals surface area contributed by atoms with Gasteiger partial charge < -0.3 is 4.74 Å². The van der Waals surface area contributed by atoms with Crippen LogP contribution in [0.5, 0.6) is 0 Å². The molecule has 0 aromatic heterocycles. The van der Waals surface area contributed by atoms with Gasteiger partial charge in [0.25, 0.3) is 0 Å². The number of hydrogen-bond acceptors (Lipinski definition) is 2. The fourth-order valence-electron chi connectivity index (χ4n) is 1.88. The molecule has 0 aliphatic carbocycles. The van der Waals surface area contributed by atoms with E-state index in [0.717, 1.165) is 29.5 Å². The Kier molecular flexibility index (Phi) is 4.53. The largest absolute Gasteiger partial charge is 0.462 e. The third kappa shape index (κ3) is 3.09. The molecule has 0 saturated heterocycles. The van der Waals surface area contributed by atoms with Crippen LogP contribution in [0.4, 0.5) is 0 Å². The number of carbonyl (C=O) groups excluding carboxylic acids is 1. The molecule has 2 heteroatoms. The van der Waals surface area contributed by atoms with Gasteiger partial charge in [0.05, 0.1) is 12.2 Å². The summed E-state index contributed by atoms with van der Waals surface area (Å²) in [6.07, 6.45) is 1.97. The van der Waals surface area contributed by atoms with Gasteiger partial charge in [0, 0.05) is 0 Å². The van der Waals surface area contributed by atoms with Crippen LogP contribution < -0.4 is 0 Å². The molecule has 1 aromatic rings. The third-order valence-corrected chi connectivity index (χ3v) is 2.61. The lowest BCUT2D eigenvalue weighted by atomic mass is 10.00. The van der Waals surface area contributed by atoms with Crippen LogP contribution in [-0.4, -0.2) is 12.6 Å². The highest BCUT2D eigenvalue weighted by Gasteiger charge is 2.13. The Morgan fingerprint density at radius 2 is 1.75 bits per heavy atom. The topological polar surface area (TPSA) is 26.3 Å². The number of aryl methyl sites for hydroxylation is 3. The van der Waals surface area contributed by atoms with Crippen LogP contribution in [0.25, 0.3) is 0 Å². The lowest BCUT2D eigenvalue weighted by molar-refractivity contribution is 0.0498. The highest BCUT2D eigenvalue weighted by Crippen LogP contribution is 2.17. The Bertz CT molecular complexity index is 357. The molecule has 0 heterocycles. The minimum absolute atomic E-state index is 0.191. The molecule has 0 radical (unpaired) electrons. The Morgan fingerprint density at radius 3 is 2.25 bits per heavy atom. The minimum atomic E-state index is -0.191. The van der Waals surface area contributed by atoms with Crippen LogP contribution >= 0.6 is 0 Å². The van der Waals surface area contributed by atoms with Crippen molar-refractivity contribution in [3.05, 3.63) is 34.4 Å². The number of ether oxygens (including phenoxy) is 1. The van der Waals surface area contributed by atoms with Gasteiger partial charge in [-0.3, -0.25) is 0 Å². The first-order valence-electron chi connectivity index (χ1n) is 5.81. The second-order valence-electron chi connectivity index (χ2n) is 4.26. The standard InChI is InChI=1S/C14H20O2/c1-5-6-7-16-14(15)13-11(3)8-10(2)9-12(13)4/h8-9H,5-7H2,1-4H3. The van der Waals surface area contributed by atoms with Gasteiger partial charge in [-0.25, -0.2) is 4.79 Å². The zero-order chi connectivity index (χ0) is 12.1. The average molecular weight is 220 g/mol. The number of unbranched alkanes of at least 4 members (excludes halogenated alkanes) is 1. The summed E-state index contributed by atoms with van der Waals surface area (Å²) in [5.41, 5.74) is 3.90. The molecule has 16 heavy (non-hydrogen) atoms. The Hall–Kier alpha value is -1.31. The van der Waals surface area contributed by atoms with Crippen LogP contribution in [0.1, 0.15) is 46.8 Å². The first kappa shape index (κ1) is 12.8. The second-order valence-corrected chi connectivity index (χ2v) is 4.26. The Labute approximate surface area is 97.6 Å². The minimum Gasteiger partial charge on any atom is -0.462 e. The molecule has 0 spiro atoms. The maximum atomic E-state index is 11.9. The van der Waals surface area contributed by atoms with Crippen molar-refractivity contribution in [3.8, 4) is 0 Å². The molecular formula is C14H20O2. The van der Waals surface area contributed by atoms with E-state index in [2.05, 4.69) is 6.92 Å². The first-order chi connectivity index (χ1) is 7.56. The summed E-state index contributed by atoms with van der Waals surface area (Å²) >= 11 is 0. The van der Waals surface area contributed by atoms with Gasteiger partial charge in [0.1, 0.15) is 0 Å². The summed E-state index contributed by atoms with van der Waals surface area (Å²) in [4.78, 5) is 11.9. The van der Waals surface area contributed by atoms with Crippen LogP contribution in [0.2, 0.25) is 0 Å². The van der Waals surface area contributed by atoms with E-state index in [-0.39, 0.29) is 5.97 Å². The van der Waals surface area contributed by atoms with E-state index in [1.54, 1.807) is 0 Å². The van der Waals surface area contributed by atoms with Crippen molar-refractivity contribution in [2.45, 2.75) is 40.5 Å². The van der Waals surface area contributed by atoms with Gasteiger partial charge in [-0.15, -0.1) is 0 Å². The smallest absolute Gasteiger partial charge is 0.338 e. The van der Waals surface area contributed by atoms with Gasteiger partial charge in [-0.05, 0) is 38.3 Å². The molecule has 0 aliphatic heterocycles. The van der Waals surface area contributed by atoms with Gasteiger partial charge >= 0.3 is 5.97 Å². The Morgan fingerprint density at radius 1 is 1.19 bits per heavy atom. The van der Waals surface area contributed by atoms with Gasteiger partial charge in [0.2, 0.25) is 0 Å². The lowest BCUT2D eigenvalue weighted by Crippen LogP contribution is -2.10. The maximum absolute atomic E-state index is 11.9.